The molecule has 110 valence electrons. The predicted octanol–water partition coefficient (Wildman–Crippen LogP) is 0.0406. The summed E-state index contributed by atoms with van der Waals surface area (Å²) in [5.74, 6) is 0.158. The molecule has 0 unspecified atom stereocenters. The minimum Gasteiger partial charge on any atom is -0.370 e. The summed E-state index contributed by atoms with van der Waals surface area (Å²) in [5, 5.41) is 3.01. The Bertz CT molecular complexity index is 389. The summed E-state index contributed by atoms with van der Waals surface area (Å²) in [6.07, 6.45) is 2.45. The van der Waals surface area contributed by atoms with E-state index in [1.54, 1.807) is 4.90 Å². The lowest BCUT2D eigenvalue weighted by Gasteiger charge is -2.23. The van der Waals surface area contributed by atoms with Gasteiger partial charge in [0, 0.05) is 19.4 Å². The molecule has 0 aliphatic carbocycles. The van der Waals surface area contributed by atoms with Crippen LogP contribution in [0.2, 0.25) is 0 Å². The van der Waals surface area contributed by atoms with Gasteiger partial charge < -0.3 is 15.0 Å². The fourth-order valence-electron chi connectivity index (χ4n) is 2.47. The summed E-state index contributed by atoms with van der Waals surface area (Å²) in [6, 6.07) is 10.2. The SMILES string of the molecule is O=C(CCc1ccccc1)NCCC[NH+]1CCOCC1. The zero-order valence-electron chi connectivity index (χ0n) is 12.1. The molecule has 0 aromatic heterocycles. The molecule has 1 aromatic rings. The number of carbonyl (C=O) groups excluding carboxylic acids is 1. The molecule has 1 fully saturated rings. The molecule has 2 rings (SSSR count). The van der Waals surface area contributed by atoms with Gasteiger partial charge in [-0.2, -0.15) is 0 Å². The Morgan fingerprint density at radius 2 is 1.95 bits per heavy atom. The molecule has 1 aliphatic rings. The van der Waals surface area contributed by atoms with E-state index in [0.717, 1.165) is 52.2 Å². The zero-order chi connectivity index (χ0) is 14.0. The van der Waals surface area contributed by atoms with Gasteiger partial charge in [0.2, 0.25) is 5.91 Å². The predicted molar refractivity (Wildman–Crippen MR) is 78.8 cm³/mol. The number of hydrogen-bond acceptors (Lipinski definition) is 2. The number of carbonyl (C=O) groups is 1. The molecule has 0 saturated carbocycles. The van der Waals surface area contributed by atoms with Gasteiger partial charge in [-0.05, 0) is 12.0 Å². The lowest BCUT2D eigenvalue weighted by Crippen LogP contribution is -3.14. The third-order valence-corrected chi connectivity index (χ3v) is 3.71. The van der Waals surface area contributed by atoms with Gasteiger partial charge in [0.25, 0.3) is 0 Å². The highest BCUT2D eigenvalue weighted by Crippen LogP contribution is 2.01. The highest BCUT2D eigenvalue weighted by molar-refractivity contribution is 5.76. The summed E-state index contributed by atoms with van der Waals surface area (Å²) >= 11 is 0. The Balaban J connectivity index is 1.51. The first-order chi connectivity index (χ1) is 9.84. The Hall–Kier alpha value is -1.39. The van der Waals surface area contributed by atoms with Crippen LogP contribution in [0.5, 0.6) is 0 Å². The molecule has 4 heteroatoms. The topological polar surface area (TPSA) is 42.8 Å². The Kier molecular flexibility index (Phi) is 6.54. The minimum atomic E-state index is 0.158. The van der Waals surface area contributed by atoms with Crippen LogP contribution >= 0.6 is 0 Å². The average molecular weight is 277 g/mol. The molecule has 1 saturated heterocycles. The second kappa shape index (κ2) is 8.72. The van der Waals surface area contributed by atoms with Crippen LogP contribution in [0, 0.1) is 0 Å². The van der Waals surface area contributed by atoms with Crippen molar-refractivity contribution in [2.24, 2.45) is 0 Å². The molecule has 0 atom stereocenters. The number of ether oxygens (including phenoxy) is 1. The molecule has 1 heterocycles. The van der Waals surface area contributed by atoms with Crippen LogP contribution in [0.4, 0.5) is 0 Å². The van der Waals surface area contributed by atoms with E-state index in [-0.39, 0.29) is 5.91 Å². The molecule has 1 aliphatic heterocycles. The summed E-state index contributed by atoms with van der Waals surface area (Å²) < 4.78 is 5.33. The number of morpholine rings is 1. The van der Waals surface area contributed by atoms with Crippen molar-refractivity contribution >= 4 is 5.91 Å². The molecule has 1 amide bonds. The Labute approximate surface area is 121 Å². The second-order valence-corrected chi connectivity index (χ2v) is 5.30. The van der Waals surface area contributed by atoms with E-state index in [1.807, 2.05) is 18.2 Å². The molecule has 1 aromatic carbocycles. The molecule has 0 radical (unpaired) electrons. The minimum absolute atomic E-state index is 0.158. The van der Waals surface area contributed by atoms with Crippen LogP contribution in [-0.4, -0.2) is 45.3 Å². The van der Waals surface area contributed by atoms with Crippen molar-refractivity contribution in [1.82, 2.24) is 5.32 Å². The highest BCUT2D eigenvalue weighted by atomic mass is 16.5. The second-order valence-electron chi connectivity index (χ2n) is 5.30. The first kappa shape index (κ1) is 15.0. The van der Waals surface area contributed by atoms with E-state index >= 15 is 0 Å². The molecule has 4 nitrogen and oxygen atoms in total. The van der Waals surface area contributed by atoms with Crippen LogP contribution in [0.1, 0.15) is 18.4 Å². The third-order valence-electron chi connectivity index (χ3n) is 3.71. The maximum Gasteiger partial charge on any atom is 0.220 e. The largest absolute Gasteiger partial charge is 0.370 e. The van der Waals surface area contributed by atoms with Gasteiger partial charge >= 0.3 is 0 Å². The van der Waals surface area contributed by atoms with Crippen molar-refractivity contribution in [2.45, 2.75) is 19.3 Å². The van der Waals surface area contributed by atoms with Crippen molar-refractivity contribution in [3.05, 3.63) is 35.9 Å². The van der Waals surface area contributed by atoms with Crippen molar-refractivity contribution in [1.29, 1.82) is 0 Å². The Morgan fingerprint density at radius 1 is 1.20 bits per heavy atom. The van der Waals surface area contributed by atoms with Gasteiger partial charge in [0.15, 0.2) is 0 Å². The van der Waals surface area contributed by atoms with E-state index in [0.29, 0.717) is 6.42 Å². The lowest BCUT2D eigenvalue weighted by atomic mass is 10.1. The van der Waals surface area contributed by atoms with Crippen LogP contribution in [0.3, 0.4) is 0 Å². The van der Waals surface area contributed by atoms with Crippen molar-refractivity contribution in [2.75, 3.05) is 39.4 Å². The molecular formula is C16H25N2O2+. The van der Waals surface area contributed by atoms with E-state index in [4.69, 9.17) is 4.74 Å². The number of benzene rings is 1. The number of rotatable bonds is 7. The summed E-state index contributed by atoms with van der Waals surface area (Å²) in [4.78, 5) is 13.3. The van der Waals surface area contributed by atoms with Gasteiger partial charge in [0.1, 0.15) is 13.1 Å². The summed E-state index contributed by atoms with van der Waals surface area (Å²) in [6.45, 7) is 5.86. The van der Waals surface area contributed by atoms with Gasteiger partial charge in [-0.15, -0.1) is 0 Å². The van der Waals surface area contributed by atoms with E-state index < -0.39 is 0 Å². The quantitative estimate of drug-likeness (QED) is 0.691. The average Bonchev–Trinajstić information content (AvgIpc) is 2.52. The Morgan fingerprint density at radius 3 is 2.70 bits per heavy atom. The fourth-order valence-corrected chi connectivity index (χ4v) is 2.47. The van der Waals surface area contributed by atoms with E-state index in [9.17, 15) is 4.79 Å². The van der Waals surface area contributed by atoms with E-state index in [1.165, 1.54) is 5.56 Å². The maximum absolute atomic E-state index is 11.7. The van der Waals surface area contributed by atoms with Crippen molar-refractivity contribution < 1.29 is 14.4 Å². The number of aryl methyl sites for hydroxylation is 1. The molecule has 0 bridgehead atoms. The third kappa shape index (κ3) is 5.72. The number of quaternary nitrogens is 1. The summed E-state index contributed by atoms with van der Waals surface area (Å²) in [7, 11) is 0. The van der Waals surface area contributed by atoms with Crippen LogP contribution < -0.4 is 10.2 Å². The van der Waals surface area contributed by atoms with Crippen LogP contribution in [0.25, 0.3) is 0 Å². The molecule has 20 heavy (non-hydrogen) atoms. The first-order valence-electron chi connectivity index (χ1n) is 7.56. The van der Waals surface area contributed by atoms with Gasteiger partial charge in [-0.25, -0.2) is 0 Å². The van der Waals surface area contributed by atoms with E-state index in [2.05, 4.69) is 17.4 Å². The van der Waals surface area contributed by atoms with Crippen LogP contribution in [0.15, 0.2) is 30.3 Å². The molecular weight excluding hydrogens is 252 g/mol. The van der Waals surface area contributed by atoms with Crippen LogP contribution in [-0.2, 0) is 16.0 Å². The zero-order valence-corrected chi connectivity index (χ0v) is 12.1. The summed E-state index contributed by atoms with van der Waals surface area (Å²) in [5.41, 5.74) is 1.22. The molecule has 0 spiro atoms. The highest BCUT2D eigenvalue weighted by Gasteiger charge is 2.12. The lowest BCUT2D eigenvalue weighted by molar-refractivity contribution is -0.908. The normalized spacial score (nSPS) is 16.0. The number of hydrogen-bond donors (Lipinski definition) is 2. The number of nitrogens with one attached hydrogen (secondary N) is 2. The standard InChI is InChI=1S/C16H24N2O2/c19-16(8-7-15-5-2-1-3-6-15)17-9-4-10-18-11-13-20-14-12-18/h1-3,5-6H,4,7-14H2,(H,17,19)/p+1. The van der Waals surface area contributed by atoms with Gasteiger partial charge in [-0.3, -0.25) is 4.79 Å². The van der Waals surface area contributed by atoms with Crippen molar-refractivity contribution in [3.8, 4) is 0 Å². The fraction of sp³-hybridized carbons (Fsp3) is 0.562. The molecule has 2 N–H and O–H groups in total. The maximum atomic E-state index is 11.7. The smallest absolute Gasteiger partial charge is 0.220 e. The monoisotopic (exact) mass is 277 g/mol. The first-order valence-corrected chi connectivity index (χ1v) is 7.56. The van der Waals surface area contributed by atoms with Crippen molar-refractivity contribution in [3.63, 3.8) is 0 Å². The van der Waals surface area contributed by atoms with Gasteiger partial charge in [0.05, 0.1) is 19.8 Å². The number of amides is 1. The van der Waals surface area contributed by atoms with Gasteiger partial charge in [-0.1, -0.05) is 30.3 Å².